The summed E-state index contributed by atoms with van der Waals surface area (Å²) in [5, 5.41) is 0.507. The average Bonchev–Trinajstić information content (AvgIpc) is 1.89. The van der Waals surface area contributed by atoms with Gasteiger partial charge in [0.1, 0.15) is 0 Å². The third-order valence-corrected chi connectivity index (χ3v) is 1.38. The van der Waals surface area contributed by atoms with Crippen LogP contribution in [0.4, 0.5) is 0 Å². The van der Waals surface area contributed by atoms with Gasteiger partial charge in [-0.3, -0.25) is 0 Å². The zero-order valence-corrected chi connectivity index (χ0v) is 5.43. The van der Waals surface area contributed by atoms with Crippen LogP contribution < -0.4 is 5.46 Å². The Morgan fingerprint density at radius 1 is 1.33 bits per heavy atom. The number of rotatable bonds is 1. The fourth-order valence-corrected chi connectivity index (χ4v) is 0.751. The van der Waals surface area contributed by atoms with Gasteiger partial charge in [-0.15, -0.1) is 0 Å². The van der Waals surface area contributed by atoms with Gasteiger partial charge in [-0.2, -0.15) is 0 Å². The molecule has 1 rings (SSSR count). The average molecular weight is 138 g/mol. The summed E-state index contributed by atoms with van der Waals surface area (Å²) in [5.41, 5.74) is 0.541. The fourth-order valence-electron chi connectivity index (χ4n) is 0.571. The van der Waals surface area contributed by atoms with Crippen LogP contribution in [-0.4, -0.2) is 7.15 Å². The molecule has 0 unspecified atom stereocenters. The second-order valence-corrected chi connectivity index (χ2v) is 2.05. The van der Waals surface area contributed by atoms with Crippen molar-refractivity contribution in [3.63, 3.8) is 0 Å². The number of halogens is 1. The maximum atomic E-state index is 10.1. The molecule has 0 spiro atoms. The van der Waals surface area contributed by atoms with Crippen LogP contribution in [0, 0.1) is 0 Å². The predicted molar refractivity (Wildman–Crippen MR) is 37.5 cm³/mol. The molecule has 0 amide bonds. The van der Waals surface area contributed by atoms with Gasteiger partial charge in [0.25, 0.3) is 0 Å². The van der Waals surface area contributed by atoms with Crippen molar-refractivity contribution in [3.8, 4) is 0 Å². The van der Waals surface area contributed by atoms with Crippen molar-refractivity contribution in [1.29, 1.82) is 0 Å². The standard InChI is InChI=1S/C6H4BClO/c8-6-4-2-1-3-5(6)7-9/h1-4H. The van der Waals surface area contributed by atoms with Gasteiger partial charge in [-0.05, 0) is 0 Å². The van der Waals surface area contributed by atoms with E-state index in [1.54, 1.807) is 24.3 Å². The molecule has 0 saturated carbocycles. The SMILES string of the molecule is O=Bc1ccccc1Cl. The van der Waals surface area contributed by atoms with Crippen molar-refractivity contribution in [2.45, 2.75) is 0 Å². The summed E-state index contributed by atoms with van der Waals surface area (Å²) in [5.74, 6) is 0. The molecule has 44 valence electrons. The van der Waals surface area contributed by atoms with Crippen molar-refractivity contribution < 1.29 is 4.70 Å². The van der Waals surface area contributed by atoms with Gasteiger partial charge in [-0.25, -0.2) is 0 Å². The molecular weight excluding hydrogens is 134 g/mol. The summed E-state index contributed by atoms with van der Waals surface area (Å²) >= 11 is 5.59. The molecule has 0 aromatic heterocycles. The van der Waals surface area contributed by atoms with Gasteiger partial charge in [0.05, 0.1) is 0 Å². The first-order valence-electron chi connectivity index (χ1n) is 2.54. The van der Waals surface area contributed by atoms with Crippen molar-refractivity contribution in [2.24, 2.45) is 0 Å². The number of hydrogen-bond acceptors (Lipinski definition) is 1. The van der Waals surface area contributed by atoms with E-state index in [0.717, 1.165) is 7.15 Å². The van der Waals surface area contributed by atoms with E-state index in [0.29, 0.717) is 10.5 Å². The molecule has 0 heterocycles. The van der Waals surface area contributed by atoms with Gasteiger partial charge in [0.15, 0.2) is 0 Å². The molecule has 0 saturated heterocycles. The van der Waals surface area contributed by atoms with Crippen LogP contribution in [0.1, 0.15) is 0 Å². The van der Waals surface area contributed by atoms with Gasteiger partial charge in [0.2, 0.25) is 0 Å². The third kappa shape index (κ3) is 1.39. The van der Waals surface area contributed by atoms with E-state index in [1.807, 2.05) is 0 Å². The van der Waals surface area contributed by atoms with Crippen LogP contribution in [0.3, 0.4) is 0 Å². The molecule has 9 heavy (non-hydrogen) atoms. The number of benzene rings is 1. The molecule has 0 aliphatic carbocycles. The third-order valence-electron chi connectivity index (χ3n) is 1.03. The summed E-state index contributed by atoms with van der Waals surface area (Å²) in [6, 6.07) is 6.92. The molecule has 0 radical (unpaired) electrons. The van der Waals surface area contributed by atoms with Gasteiger partial charge >= 0.3 is 58.2 Å². The Bertz CT molecular complexity index is 224. The molecule has 1 aromatic rings. The minimum absolute atomic E-state index is 0.507. The Morgan fingerprint density at radius 3 is 2.44 bits per heavy atom. The first-order chi connectivity index (χ1) is 4.34. The second-order valence-electron chi connectivity index (χ2n) is 1.64. The molecule has 0 bridgehead atoms. The summed E-state index contributed by atoms with van der Waals surface area (Å²) in [6.07, 6.45) is 0. The van der Waals surface area contributed by atoms with Crippen LogP contribution >= 0.6 is 11.6 Å². The predicted octanol–water partition coefficient (Wildman–Crippen LogP) is 1.02. The van der Waals surface area contributed by atoms with Gasteiger partial charge in [0, 0.05) is 0 Å². The van der Waals surface area contributed by atoms with E-state index in [-0.39, 0.29) is 0 Å². The van der Waals surface area contributed by atoms with E-state index < -0.39 is 0 Å². The zero-order valence-electron chi connectivity index (χ0n) is 4.67. The minimum atomic E-state index is 0.507. The first-order valence-corrected chi connectivity index (χ1v) is 2.92. The summed E-state index contributed by atoms with van der Waals surface area (Å²) in [6.45, 7) is 0. The monoisotopic (exact) mass is 138 g/mol. The van der Waals surface area contributed by atoms with Gasteiger partial charge in [-0.1, -0.05) is 0 Å². The summed E-state index contributed by atoms with van der Waals surface area (Å²) in [4.78, 5) is 0. The molecule has 3 heteroatoms. The summed E-state index contributed by atoms with van der Waals surface area (Å²) in [7, 11) is 0.738. The molecule has 0 aliphatic rings. The Hall–Kier alpha value is -0.625. The maximum absolute atomic E-state index is 10.1. The van der Waals surface area contributed by atoms with E-state index in [9.17, 15) is 4.70 Å². The van der Waals surface area contributed by atoms with Crippen LogP contribution in [0.25, 0.3) is 0 Å². The molecule has 1 aromatic carbocycles. The Balaban J connectivity index is 3.15. The van der Waals surface area contributed by atoms with E-state index in [1.165, 1.54) is 0 Å². The van der Waals surface area contributed by atoms with Crippen LogP contribution in [0.15, 0.2) is 24.3 Å². The van der Waals surface area contributed by atoms with E-state index >= 15 is 0 Å². The first kappa shape index (κ1) is 6.49. The van der Waals surface area contributed by atoms with E-state index in [4.69, 9.17) is 11.6 Å². The molecular formula is C6H4BClO. The van der Waals surface area contributed by atoms with Crippen LogP contribution in [-0.2, 0) is 4.70 Å². The van der Waals surface area contributed by atoms with Gasteiger partial charge < -0.3 is 0 Å². The Kier molecular flexibility index (Phi) is 2.01. The topological polar surface area (TPSA) is 17.1 Å². The molecule has 0 atom stereocenters. The van der Waals surface area contributed by atoms with Crippen molar-refractivity contribution in [3.05, 3.63) is 29.3 Å². The van der Waals surface area contributed by atoms with Crippen LogP contribution in [0.5, 0.6) is 0 Å². The number of hydrogen-bond donors (Lipinski definition) is 0. The Morgan fingerprint density at radius 2 is 2.00 bits per heavy atom. The van der Waals surface area contributed by atoms with Crippen molar-refractivity contribution in [1.82, 2.24) is 0 Å². The molecule has 0 fully saturated rings. The fraction of sp³-hybridized carbons (Fsp3) is 0. The summed E-state index contributed by atoms with van der Waals surface area (Å²) < 4.78 is 10.1. The second kappa shape index (κ2) is 2.78. The molecule has 1 nitrogen and oxygen atoms in total. The van der Waals surface area contributed by atoms with Crippen molar-refractivity contribution in [2.75, 3.05) is 0 Å². The van der Waals surface area contributed by atoms with Crippen LogP contribution in [0.2, 0.25) is 5.02 Å². The Labute approximate surface area is 58.9 Å². The van der Waals surface area contributed by atoms with E-state index in [2.05, 4.69) is 0 Å². The van der Waals surface area contributed by atoms with Crippen molar-refractivity contribution >= 4 is 24.2 Å². The molecule has 0 N–H and O–H groups in total. The zero-order chi connectivity index (χ0) is 6.69. The quantitative estimate of drug-likeness (QED) is 0.530. The molecule has 0 aliphatic heterocycles. The normalized spacial score (nSPS) is 8.56.